The van der Waals surface area contributed by atoms with Crippen LogP contribution in [0, 0.1) is 35.5 Å². The Bertz CT molecular complexity index is 1260. The number of aliphatic hydroxyl groups is 1. The fourth-order valence-corrected chi connectivity index (χ4v) is 9.74. The lowest BCUT2D eigenvalue weighted by atomic mass is 9.44. The van der Waals surface area contributed by atoms with Crippen LogP contribution >= 0.6 is 23.1 Å². The minimum absolute atomic E-state index is 0.00683. The van der Waals surface area contributed by atoms with Gasteiger partial charge in [0.25, 0.3) is 0 Å². The zero-order valence-electron chi connectivity index (χ0n) is 21.6. The Balaban J connectivity index is 1.64. The predicted octanol–water partition coefficient (Wildman–Crippen LogP) is 5.70. The van der Waals surface area contributed by atoms with Gasteiger partial charge in [0.05, 0.1) is 6.10 Å². The van der Waals surface area contributed by atoms with Gasteiger partial charge in [-0.15, -0.1) is 11.3 Å². The Hall–Kier alpha value is -1.91. The topological polar surface area (TPSA) is 80.7 Å². The molecule has 0 amide bonds. The van der Waals surface area contributed by atoms with E-state index in [2.05, 4.69) is 0 Å². The molecule has 0 spiro atoms. The molecule has 3 saturated carbocycles. The van der Waals surface area contributed by atoms with Crippen molar-refractivity contribution in [2.24, 2.45) is 28.6 Å². The van der Waals surface area contributed by atoms with E-state index in [1.165, 1.54) is 19.1 Å². The van der Waals surface area contributed by atoms with Crippen molar-refractivity contribution < 1.29 is 37.4 Å². The third-order valence-corrected chi connectivity index (χ3v) is 11.6. The van der Waals surface area contributed by atoms with Gasteiger partial charge in [-0.25, -0.2) is 18.0 Å². The zero-order valence-corrected chi connectivity index (χ0v) is 23.3. The van der Waals surface area contributed by atoms with Crippen LogP contribution < -0.4 is 0 Å². The number of ketones is 1. The number of aliphatic hydroxyl groups excluding tert-OH is 1. The van der Waals surface area contributed by atoms with Crippen LogP contribution in [-0.4, -0.2) is 51.5 Å². The van der Waals surface area contributed by atoms with Crippen molar-refractivity contribution in [2.75, 3.05) is 6.01 Å². The molecule has 206 valence electrons. The maximum absolute atomic E-state index is 17.4. The van der Waals surface area contributed by atoms with Crippen molar-refractivity contribution in [1.29, 1.82) is 0 Å². The van der Waals surface area contributed by atoms with Crippen molar-refractivity contribution in [1.82, 2.24) is 0 Å². The summed E-state index contributed by atoms with van der Waals surface area (Å²) in [6.07, 6.45) is 0.0560. The van der Waals surface area contributed by atoms with Crippen LogP contribution in [0.25, 0.3) is 0 Å². The minimum atomic E-state index is -2.33. The average Bonchev–Trinajstić information content (AvgIpc) is 3.37. The van der Waals surface area contributed by atoms with Gasteiger partial charge in [-0.3, -0.25) is 9.59 Å². The van der Waals surface area contributed by atoms with Gasteiger partial charge in [-0.05, 0) is 85.5 Å². The maximum atomic E-state index is 17.4. The largest absolute Gasteiger partial charge is 0.445 e. The lowest BCUT2D eigenvalue weighted by molar-refractivity contribution is -0.221. The monoisotopic (exact) mass is 568 g/mol. The first-order valence-corrected chi connectivity index (χ1v) is 14.6. The van der Waals surface area contributed by atoms with Gasteiger partial charge in [-0.2, -0.15) is 0 Å². The SMILES string of the molecule is Cc1ccsc1C(=O)O[C@@]1(C(=O)SCF)[C@H](C)C[C@H]2[C@@H]3C[C@H](F)C4=CC(=O)C=C[C@]4(C)[C@@]3(F)[C@@H](O)C[C@@]21C. The van der Waals surface area contributed by atoms with Gasteiger partial charge in [-0.1, -0.05) is 19.9 Å². The fourth-order valence-electron chi connectivity index (χ4n) is 8.15. The molecule has 38 heavy (non-hydrogen) atoms. The second kappa shape index (κ2) is 9.06. The lowest BCUT2D eigenvalue weighted by Gasteiger charge is -2.63. The number of carbonyl (C=O) groups excluding carboxylic acids is 3. The fraction of sp³-hybridized carbons (Fsp3) is 0.607. The predicted molar refractivity (Wildman–Crippen MR) is 139 cm³/mol. The highest BCUT2D eigenvalue weighted by Crippen LogP contribution is 2.72. The van der Waals surface area contributed by atoms with Crippen LogP contribution in [0.3, 0.4) is 0 Å². The van der Waals surface area contributed by atoms with Crippen LogP contribution in [0.5, 0.6) is 0 Å². The first kappa shape index (κ1) is 27.6. The molecule has 10 heteroatoms. The molecule has 1 aromatic rings. The van der Waals surface area contributed by atoms with Crippen molar-refractivity contribution in [2.45, 2.75) is 70.5 Å². The molecule has 1 N–H and O–H groups in total. The van der Waals surface area contributed by atoms with E-state index in [0.29, 0.717) is 22.2 Å². The van der Waals surface area contributed by atoms with Crippen LogP contribution in [-0.2, 0) is 14.3 Å². The van der Waals surface area contributed by atoms with E-state index in [0.717, 1.165) is 17.4 Å². The number of alkyl halides is 3. The van der Waals surface area contributed by atoms with Crippen molar-refractivity contribution in [3.63, 3.8) is 0 Å². The Morgan fingerprint density at radius 1 is 1.26 bits per heavy atom. The standard InChI is InChI=1S/C28H31F3O5S2/c1-14-6-8-37-22(14)23(34)36-28(24(35)38-13-29)15(2)9-17-18-11-20(30)19-10-16(32)5-7-25(19,3)27(18,31)21(33)12-26(17,28)4/h5-8,10,15,17-18,20-21,33H,9,11-13H2,1-4H3/t15-,17+,18+,20+,21+,25+,26+,27+,28-/m1/s1. The number of thiophene rings is 1. The van der Waals surface area contributed by atoms with Gasteiger partial charge in [0.15, 0.2) is 17.1 Å². The molecule has 0 aliphatic heterocycles. The summed E-state index contributed by atoms with van der Waals surface area (Å²) in [7, 11) is 0. The molecule has 4 aliphatic carbocycles. The summed E-state index contributed by atoms with van der Waals surface area (Å²) in [5, 5.41) is 12.6. The molecule has 1 heterocycles. The average molecular weight is 569 g/mol. The van der Waals surface area contributed by atoms with Gasteiger partial charge in [0, 0.05) is 22.7 Å². The molecular formula is C28H31F3O5S2. The second-order valence-corrected chi connectivity index (χ2v) is 13.4. The lowest BCUT2D eigenvalue weighted by Crippen LogP contribution is -2.70. The van der Waals surface area contributed by atoms with Crippen molar-refractivity contribution >= 4 is 40.0 Å². The van der Waals surface area contributed by atoms with Gasteiger partial charge in [0.1, 0.15) is 17.1 Å². The summed E-state index contributed by atoms with van der Waals surface area (Å²) in [5.41, 5.74) is -6.38. The van der Waals surface area contributed by atoms with Crippen LogP contribution in [0.2, 0.25) is 0 Å². The quantitative estimate of drug-likeness (QED) is 0.469. The number of rotatable bonds is 4. The third kappa shape index (κ3) is 3.38. The number of hydrogen-bond donors (Lipinski definition) is 1. The number of allylic oxidation sites excluding steroid dienone is 4. The summed E-state index contributed by atoms with van der Waals surface area (Å²) in [5.74, 6) is -3.51. The molecule has 1 aromatic heterocycles. The minimum Gasteiger partial charge on any atom is -0.445 e. The highest BCUT2D eigenvalue weighted by Gasteiger charge is 2.78. The van der Waals surface area contributed by atoms with Crippen molar-refractivity contribution in [3.05, 3.63) is 45.7 Å². The summed E-state index contributed by atoms with van der Waals surface area (Å²) >= 11 is 1.55. The van der Waals surface area contributed by atoms with Crippen LogP contribution in [0.15, 0.2) is 35.2 Å². The van der Waals surface area contributed by atoms with Crippen LogP contribution in [0.1, 0.15) is 55.3 Å². The van der Waals surface area contributed by atoms with Gasteiger partial charge >= 0.3 is 5.97 Å². The van der Waals surface area contributed by atoms with Gasteiger partial charge < -0.3 is 9.84 Å². The smallest absolute Gasteiger partial charge is 0.349 e. The molecule has 0 unspecified atom stereocenters. The summed E-state index contributed by atoms with van der Waals surface area (Å²) in [6, 6.07) is 0.703. The molecule has 3 fully saturated rings. The highest BCUT2D eigenvalue weighted by atomic mass is 32.2. The molecule has 9 atom stereocenters. The molecular weight excluding hydrogens is 537 g/mol. The Morgan fingerprint density at radius 2 is 1.97 bits per heavy atom. The molecule has 4 aliphatic rings. The zero-order chi connectivity index (χ0) is 27.8. The molecule has 5 nitrogen and oxygen atoms in total. The number of thioether (sulfide) groups is 1. The number of halogens is 3. The Labute approximate surface area is 227 Å². The van der Waals surface area contributed by atoms with E-state index in [9.17, 15) is 23.9 Å². The summed E-state index contributed by atoms with van der Waals surface area (Å²) < 4.78 is 52.8. The Kier molecular flexibility index (Phi) is 6.59. The Morgan fingerprint density at radius 3 is 2.61 bits per heavy atom. The van der Waals surface area contributed by atoms with E-state index in [-0.39, 0.29) is 24.8 Å². The van der Waals surface area contributed by atoms with E-state index >= 15 is 8.78 Å². The second-order valence-electron chi connectivity index (χ2n) is 11.6. The molecule has 0 bridgehead atoms. The first-order valence-electron chi connectivity index (χ1n) is 12.7. The number of aryl methyl sites for hydroxylation is 1. The molecule has 0 saturated heterocycles. The van der Waals surface area contributed by atoms with Gasteiger partial charge in [0.2, 0.25) is 5.12 Å². The molecule has 5 rings (SSSR count). The summed E-state index contributed by atoms with van der Waals surface area (Å²) in [4.78, 5) is 39.4. The summed E-state index contributed by atoms with van der Waals surface area (Å²) in [6.45, 7) is 6.63. The van der Waals surface area contributed by atoms with E-state index in [1.807, 2.05) is 0 Å². The first-order chi connectivity index (χ1) is 17.8. The number of hydrogen-bond acceptors (Lipinski definition) is 7. The maximum Gasteiger partial charge on any atom is 0.349 e. The van der Waals surface area contributed by atoms with E-state index in [1.54, 1.807) is 32.2 Å². The number of esters is 1. The normalized spacial score (nSPS) is 43.6. The highest BCUT2D eigenvalue weighted by molar-refractivity contribution is 8.13. The molecule has 0 aromatic carbocycles. The number of ether oxygens (including phenoxy) is 1. The number of carbonyl (C=O) groups is 3. The van der Waals surface area contributed by atoms with Crippen molar-refractivity contribution in [3.8, 4) is 0 Å². The third-order valence-electron chi connectivity index (χ3n) is 9.96. The number of fused-ring (bicyclic) bond motifs is 5. The van der Waals surface area contributed by atoms with E-state index in [4.69, 9.17) is 4.74 Å². The van der Waals surface area contributed by atoms with E-state index < -0.39 is 75.0 Å². The molecule has 0 radical (unpaired) electrons. The van der Waals surface area contributed by atoms with Crippen LogP contribution in [0.4, 0.5) is 13.2 Å².